The van der Waals surface area contributed by atoms with E-state index in [-0.39, 0.29) is 24.1 Å². The fraction of sp³-hybridized carbons (Fsp3) is 0.130. The number of hydrogen-bond donors (Lipinski definition) is 1. The van der Waals surface area contributed by atoms with E-state index in [1.165, 1.54) is 37.6 Å². The lowest BCUT2D eigenvalue weighted by Gasteiger charge is -2.14. The van der Waals surface area contributed by atoms with Crippen molar-refractivity contribution >= 4 is 22.6 Å². The average Bonchev–Trinajstić information content (AvgIpc) is 2.81. The van der Waals surface area contributed by atoms with E-state index in [0.29, 0.717) is 17.0 Å². The SMILES string of the molecule is COc1ccccc1Cn1c(=O)c2cccnc2n(CC(=O)Nc2ccc(F)cc2)c1=O. The van der Waals surface area contributed by atoms with Gasteiger partial charge in [0.05, 0.1) is 19.0 Å². The van der Waals surface area contributed by atoms with Crippen LogP contribution in [-0.2, 0) is 17.9 Å². The second kappa shape index (κ2) is 8.84. The predicted molar refractivity (Wildman–Crippen MR) is 117 cm³/mol. The molecule has 0 aliphatic rings. The van der Waals surface area contributed by atoms with Gasteiger partial charge in [-0.15, -0.1) is 0 Å². The maximum atomic E-state index is 13.3. The number of fused-ring (bicyclic) bond motifs is 1. The van der Waals surface area contributed by atoms with Gasteiger partial charge in [0, 0.05) is 17.4 Å². The zero-order valence-corrected chi connectivity index (χ0v) is 17.1. The summed E-state index contributed by atoms with van der Waals surface area (Å²) in [5, 5.41) is 2.82. The topological polar surface area (TPSA) is 95.2 Å². The van der Waals surface area contributed by atoms with Crippen LogP contribution in [0.15, 0.2) is 76.4 Å². The number of pyridine rings is 1. The molecule has 0 atom stereocenters. The third-order valence-electron chi connectivity index (χ3n) is 4.93. The number of hydrogen-bond acceptors (Lipinski definition) is 5. The van der Waals surface area contributed by atoms with E-state index >= 15 is 0 Å². The Bertz CT molecular complexity index is 1410. The highest BCUT2D eigenvalue weighted by molar-refractivity contribution is 5.91. The van der Waals surface area contributed by atoms with Crippen LogP contribution in [0.5, 0.6) is 5.75 Å². The van der Waals surface area contributed by atoms with Gasteiger partial charge in [-0.3, -0.25) is 18.7 Å². The molecule has 2 aromatic heterocycles. The highest BCUT2D eigenvalue weighted by Crippen LogP contribution is 2.18. The van der Waals surface area contributed by atoms with Crippen LogP contribution >= 0.6 is 0 Å². The lowest BCUT2D eigenvalue weighted by molar-refractivity contribution is -0.116. The van der Waals surface area contributed by atoms with Crippen molar-refractivity contribution in [1.82, 2.24) is 14.1 Å². The third-order valence-corrected chi connectivity index (χ3v) is 4.93. The number of nitrogens with one attached hydrogen (secondary N) is 1. The number of ether oxygens (including phenoxy) is 1. The Hall–Kier alpha value is -4.27. The Kier molecular flexibility index (Phi) is 5.80. The van der Waals surface area contributed by atoms with Gasteiger partial charge < -0.3 is 10.1 Å². The first-order chi connectivity index (χ1) is 15.5. The van der Waals surface area contributed by atoms with Gasteiger partial charge in [0.1, 0.15) is 23.8 Å². The van der Waals surface area contributed by atoms with Crippen LogP contribution in [0, 0.1) is 5.82 Å². The van der Waals surface area contributed by atoms with Crippen molar-refractivity contribution in [2.45, 2.75) is 13.1 Å². The molecule has 4 aromatic rings. The first-order valence-electron chi connectivity index (χ1n) is 9.73. The Morgan fingerprint density at radius 1 is 1.03 bits per heavy atom. The molecule has 0 bridgehead atoms. The molecule has 0 unspecified atom stereocenters. The fourth-order valence-corrected chi connectivity index (χ4v) is 3.41. The molecule has 162 valence electrons. The summed E-state index contributed by atoms with van der Waals surface area (Å²) >= 11 is 0. The van der Waals surface area contributed by atoms with Crippen molar-refractivity contribution in [1.29, 1.82) is 0 Å². The van der Waals surface area contributed by atoms with Crippen LogP contribution in [0.3, 0.4) is 0 Å². The lowest BCUT2D eigenvalue weighted by atomic mass is 10.2. The van der Waals surface area contributed by atoms with E-state index < -0.39 is 23.0 Å². The van der Waals surface area contributed by atoms with Crippen molar-refractivity contribution < 1.29 is 13.9 Å². The number of aromatic nitrogens is 3. The molecule has 0 saturated carbocycles. The van der Waals surface area contributed by atoms with Crippen molar-refractivity contribution in [3.05, 3.63) is 99.1 Å². The summed E-state index contributed by atoms with van der Waals surface area (Å²) in [4.78, 5) is 43.1. The number of carbonyl (C=O) groups is 1. The molecule has 0 spiro atoms. The summed E-state index contributed by atoms with van der Waals surface area (Å²) < 4.78 is 20.6. The highest BCUT2D eigenvalue weighted by Gasteiger charge is 2.17. The summed E-state index contributed by atoms with van der Waals surface area (Å²) in [5.41, 5.74) is -0.0718. The van der Waals surface area contributed by atoms with Gasteiger partial charge in [-0.2, -0.15) is 0 Å². The molecule has 1 N–H and O–H groups in total. The van der Waals surface area contributed by atoms with Gasteiger partial charge in [0.25, 0.3) is 5.56 Å². The molecule has 0 aliphatic carbocycles. The van der Waals surface area contributed by atoms with Crippen LogP contribution < -0.4 is 21.3 Å². The molecule has 0 saturated heterocycles. The maximum absolute atomic E-state index is 13.3. The Balaban J connectivity index is 1.76. The first-order valence-corrected chi connectivity index (χ1v) is 9.73. The molecule has 0 radical (unpaired) electrons. The second-order valence-corrected chi connectivity index (χ2v) is 7.00. The monoisotopic (exact) mass is 434 g/mol. The Labute approximate surface area is 181 Å². The van der Waals surface area contributed by atoms with E-state index in [1.54, 1.807) is 36.4 Å². The number of halogens is 1. The summed E-state index contributed by atoms with van der Waals surface area (Å²) in [6.07, 6.45) is 1.44. The fourth-order valence-electron chi connectivity index (χ4n) is 3.41. The second-order valence-electron chi connectivity index (χ2n) is 7.00. The number of anilines is 1. The quantitative estimate of drug-likeness (QED) is 0.503. The number of benzene rings is 2. The molecule has 0 fully saturated rings. The van der Waals surface area contributed by atoms with Crippen LogP contribution in [0.1, 0.15) is 5.56 Å². The minimum atomic E-state index is -0.679. The van der Waals surface area contributed by atoms with Crippen molar-refractivity contribution in [3.8, 4) is 5.75 Å². The zero-order chi connectivity index (χ0) is 22.7. The van der Waals surface area contributed by atoms with Gasteiger partial charge in [-0.1, -0.05) is 18.2 Å². The predicted octanol–water partition coefficient (Wildman–Crippen LogP) is 2.39. The van der Waals surface area contributed by atoms with Crippen molar-refractivity contribution in [2.24, 2.45) is 0 Å². The van der Waals surface area contributed by atoms with E-state index in [2.05, 4.69) is 10.3 Å². The van der Waals surface area contributed by atoms with E-state index in [9.17, 15) is 18.8 Å². The molecule has 9 heteroatoms. The molecule has 0 aliphatic heterocycles. The number of nitrogens with zero attached hydrogens (tertiary/aromatic N) is 3. The summed E-state index contributed by atoms with van der Waals surface area (Å²) in [6.45, 7) is -0.415. The smallest absolute Gasteiger partial charge is 0.333 e. The molecule has 32 heavy (non-hydrogen) atoms. The summed E-state index contributed by atoms with van der Waals surface area (Å²) in [7, 11) is 1.50. The zero-order valence-electron chi connectivity index (χ0n) is 17.1. The van der Waals surface area contributed by atoms with Crippen molar-refractivity contribution in [3.63, 3.8) is 0 Å². The molecular formula is C23H19FN4O4. The molecule has 8 nitrogen and oxygen atoms in total. The average molecular weight is 434 g/mol. The summed E-state index contributed by atoms with van der Waals surface area (Å²) in [6, 6.07) is 15.4. The van der Waals surface area contributed by atoms with Crippen LogP contribution in [-0.4, -0.2) is 27.1 Å². The Morgan fingerprint density at radius 3 is 2.53 bits per heavy atom. The third kappa shape index (κ3) is 4.13. The maximum Gasteiger partial charge on any atom is 0.333 e. The molecule has 1 amide bonds. The molecular weight excluding hydrogens is 415 g/mol. The van der Waals surface area contributed by atoms with E-state index in [1.807, 2.05) is 0 Å². The lowest BCUT2D eigenvalue weighted by Crippen LogP contribution is -2.42. The minimum absolute atomic E-state index is 0.0356. The normalized spacial score (nSPS) is 10.8. The number of methoxy groups -OCH3 is 1. The van der Waals surface area contributed by atoms with Crippen LogP contribution in [0.25, 0.3) is 11.0 Å². The molecule has 2 aromatic carbocycles. The number of rotatable bonds is 6. The van der Waals surface area contributed by atoms with Crippen LogP contribution in [0.4, 0.5) is 10.1 Å². The highest BCUT2D eigenvalue weighted by atomic mass is 19.1. The summed E-state index contributed by atoms with van der Waals surface area (Å²) in [5.74, 6) is -0.420. The minimum Gasteiger partial charge on any atom is -0.496 e. The Morgan fingerprint density at radius 2 is 1.78 bits per heavy atom. The van der Waals surface area contributed by atoms with E-state index in [4.69, 9.17) is 4.74 Å². The number of para-hydroxylation sites is 1. The largest absolute Gasteiger partial charge is 0.496 e. The van der Waals surface area contributed by atoms with Crippen molar-refractivity contribution in [2.75, 3.05) is 12.4 Å². The van der Waals surface area contributed by atoms with E-state index in [0.717, 1.165) is 9.13 Å². The molecule has 2 heterocycles. The van der Waals surface area contributed by atoms with Gasteiger partial charge >= 0.3 is 5.69 Å². The number of amides is 1. The van der Waals surface area contributed by atoms with Gasteiger partial charge in [0.2, 0.25) is 5.91 Å². The van der Waals surface area contributed by atoms with Gasteiger partial charge in [0.15, 0.2) is 0 Å². The van der Waals surface area contributed by atoms with Gasteiger partial charge in [-0.05, 0) is 42.5 Å². The first kappa shape index (κ1) is 21.0. The number of carbonyl (C=O) groups excluding carboxylic acids is 1. The van der Waals surface area contributed by atoms with Crippen LogP contribution in [0.2, 0.25) is 0 Å². The standard InChI is InChI=1S/C23H19FN4O4/c1-32-19-7-3-2-5-15(19)13-28-22(30)18-6-4-12-25-21(18)27(23(28)31)14-20(29)26-17-10-8-16(24)9-11-17/h2-12H,13-14H2,1H3,(H,26,29). The molecule has 4 rings (SSSR count). The van der Waals surface area contributed by atoms with Gasteiger partial charge in [-0.25, -0.2) is 14.2 Å².